The molecule has 1 aliphatic rings. The molecule has 0 aliphatic carbocycles. The van der Waals surface area contributed by atoms with Crippen LogP contribution in [0.25, 0.3) is 11.0 Å². The zero-order valence-electron chi connectivity index (χ0n) is 17.7. The highest BCUT2D eigenvalue weighted by Gasteiger charge is 2.20. The van der Waals surface area contributed by atoms with Gasteiger partial charge in [-0.2, -0.15) is 0 Å². The number of carbonyl (C=O) groups is 1. The van der Waals surface area contributed by atoms with Crippen LogP contribution in [0.15, 0.2) is 48.5 Å². The van der Waals surface area contributed by atoms with Gasteiger partial charge in [-0.3, -0.25) is 9.69 Å². The SMILES string of the molecule is COc1cccc(CN(C)C(=O)CN2CCCN(c3nc4ccccc4[nH]3)CC2)c1. The number of aromatic amines is 1. The second-order valence-electron chi connectivity index (χ2n) is 7.80. The smallest absolute Gasteiger partial charge is 0.236 e. The topological polar surface area (TPSA) is 64.7 Å². The van der Waals surface area contributed by atoms with Crippen molar-refractivity contribution < 1.29 is 9.53 Å². The Morgan fingerprint density at radius 2 is 2.00 bits per heavy atom. The first-order valence-electron chi connectivity index (χ1n) is 10.4. The van der Waals surface area contributed by atoms with E-state index in [-0.39, 0.29) is 5.91 Å². The maximum atomic E-state index is 12.8. The Labute approximate surface area is 177 Å². The van der Waals surface area contributed by atoms with Crippen molar-refractivity contribution in [2.45, 2.75) is 13.0 Å². The van der Waals surface area contributed by atoms with Crippen LogP contribution in [0, 0.1) is 0 Å². The molecule has 7 nitrogen and oxygen atoms in total. The Bertz CT molecular complexity index is 969. The number of imidazole rings is 1. The molecule has 1 N–H and O–H groups in total. The van der Waals surface area contributed by atoms with Crippen LogP contribution in [0.2, 0.25) is 0 Å². The van der Waals surface area contributed by atoms with Gasteiger partial charge in [0.15, 0.2) is 0 Å². The van der Waals surface area contributed by atoms with Gasteiger partial charge in [-0.15, -0.1) is 0 Å². The van der Waals surface area contributed by atoms with E-state index in [4.69, 9.17) is 9.72 Å². The number of rotatable bonds is 6. The summed E-state index contributed by atoms with van der Waals surface area (Å²) in [5.74, 6) is 1.86. The van der Waals surface area contributed by atoms with Crippen LogP contribution in [-0.4, -0.2) is 72.6 Å². The van der Waals surface area contributed by atoms with Crippen molar-refractivity contribution in [1.29, 1.82) is 0 Å². The molecule has 7 heteroatoms. The highest BCUT2D eigenvalue weighted by molar-refractivity contribution is 5.78. The molecule has 0 atom stereocenters. The maximum Gasteiger partial charge on any atom is 0.236 e. The van der Waals surface area contributed by atoms with E-state index in [2.05, 4.69) is 14.8 Å². The minimum absolute atomic E-state index is 0.134. The number of methoxy groups -OCH3 is 1. The number of H-pyrrole nitrogens is 1. The van der Waals surface area contributed by atoms with E-state index in [0.717, 1.165) is 60.9 Å². The molecule has 158 valence electrons. The van der Waals surface area contributed by atoms with Crippen molar-refractivity contribution in [3.63, 3.8) is 0 Å². The summed E-state index contributed by atoms with van der Waals surface area (Å²) in [4.78, 5) is 27.2. The molecule has 0 saturated carbocycles. The molecule has 0 unspecified atom stereocenters. The van der Waals surface area contributed by atoms with Gasteiger partial charge < -0.3 is 19.5 Å². The monoisotopic (exact) mass is 407 g/mol. The largest absolute Gasteiger partial charge is 0.497 e. The first kappa shape index (κ1) is 20.2. The lowest BCUT2D eigenvalue weighted by molar-refractivity contribution is -0.131. The Morgan fingerprint density at radius 1 is 1.13 bits per heavy atom. The molecule has 0 radical (unpaired) electrons. The van der Waals surface area contributed by atoms with E-state index in [1.807, 2.05) is 55.6 Å². The molecule has 1 amide bonds. The molecule has 1 fully saturated rings. The summed E-state index contributed by atoms with van der Waals surface area (Å²) in [6, 6.07) is 15.9. The number of amides is 1. The molecule has 1 aromatic heterocycles. The Kier molecular flexibility index (Phi) is 6.18. The van der Waals surface area contributed by atoms with Crippen LogP contribution in [-0.2, 0) is 11.3 Å². The van der Waals surface area contributed by atoms with Crippen LogP contribution < -0.4 is 9.64 Å². The number of nitrogens with zero attached hydrogens (tertiary/aromatic N) is 4. The number of carbonyl (C=O) groups excluding carboxylic acids is 1. The summed E-state index contributed by atoms with van der Waals surface area (Å²) in [5.41, 5.74) is 3.11. The number of para-hydroxylation sites is 2. The minimum atomic E-state index is 0.134. The highest BCUT2D eigenvalue weighted by Crippen LogP contribution is 2.19. The van der Waals surface area contributed by atoms with Crippen LogP contribution in [0.3, 0.4) is 0 Å². The second kappa shape index (κ2) is 9.17. The fourth-order valence-corrected chi connectivity index (χ4v) is 3.87. The minimum Gasteiger partial charge on any atom is -0.497 e. The summed E-state index contributed by atoms with van der Waals surface area (Å²) in [6.45, 7) is 4.56. The van der Waals surface area contributed by atoms with E-state index in [9.17, 15) is 4.79 Å². The molecule has 30 heavy (non-hydrogen) atoms. The van der Waals surface area contributed by atoms with Crippen LogP contribution in [0.1, 0.15) is 12.0 Å². The molecule has 2 heterocycles. The molecule has 2 aromatic carbocycles. The number of fused-ring (bicyclic) bond motifs is 1. The van der Waals surface area contributed by atoms with Gasteiger partial charge in [0.25, 0.3) is 0 Å². The third-order valence-electron chi connectivity index (χ3n) is 5.60. The Morgan fingerprint density at radius 3 is 2.83 bits per heavy atom. The van der Waals surface area contributed by atoms with Gasteiger partial charge in [0.05, 0.1) is 24.7 Å². The number of aromatic nitrogens is 2. The summed E-state index contributed by atoms with van der Waals surface area (Å²) in [6.07, 6.45) is 1.00. The zero-order chi connectivity index (χ0) is 20.9. The lowest BCUT2D eigenvalue weighted by Gasteiger charge is -2.24. The number of hydrogen-bond donors (Lipinski definition) is 1. The fraction of sp³-hybridized carbons (Fsp3) is 0.391. The molecule has 0 bridgehead atoms. The van der Waals surface area contributed by atoms with Gasteiger partial charge in [-0.1, -0.05) is 24.3 Å². The first-order valence-corrected chi connectivity index (χ1v) is 10.4. The number of anilines is 1. The van der Waals surface area contributed by atoms with Gasteiger partial charge >= 0.3 is 0 Å². The quantitative estimate of drug-likeness (QED) is 0.681. The van der Waals surface area contributed by atoms with Crippen molar-refractivity contribution in [3.05, 3.63) is 54.1 Å². The molecular formula is C23H29N5O2. The Hall–Kier alpha value is -3.06. The number of ether oxygens (including phenoxy) is 1. The molecule has 4 rings (SSSR count). The summed E-state index contributed by atoms with van der Waals surface area (Å²) < 4.78 is 5.27. The average molecular weight is 408 g/mol. The molecule has 0 spiro atoms. The average Bonchev–Trinajstić information content (AvgIpc) is 3.06. The van der Waals surface area contributed by atoms with E-state index >= 15 is 0 Å². The lowest BCUT2D eigenvalue weighted by atomic mass is 10.2. The van der Waals surface area contributed by atoms with E-state index in [0.29, 0.717) is 13.1 Å². The third-order valence-corrected chi connectivity index (χ3v) is 5.60. The van der Waals surface area contributed by atoms with Crippen molar-refractivity contribution in [1.82, 2.24) is 19.8 Å². The molecule has 1 aliphatic heterocycles. The van der Waals surface area contributed by atoms with E-state index in [1.54, 1.807) is 12.0 Å². The molecule has 1 saturated heterocycles. The van der Waals surface area contributed by atoms with Gasteiger partial charge in [-0.25, -0.2) is 4.98 Å². The third kappa shape index (κ3) is 4.74. The summed E-state index contributed by atoms with van der Waals surface area (Å²) in [5, 5.41) is 0. The Balaban J connectivity index is 1.32. The van der Waals surface area contributed by atoms with Crippen molar-refractivity contribution >= 4 is 22.9 Å². The maximum absolute atomic E-state index is 12.8. The second-order valence-corrected chi connectivity index (χ2v) is 7.80. The van der Waals surface area contributed by atoms with Crippen molar-refractivity contribution in [2.75, 3.05) is 51.8 Å². The van der Waals surface area contributed by atoms with Crippen LogP contribution >= 0.6 is 0 Å². The molecular weight excluding hydrogens is 378 g/mol. The van der Waals surface area contributed by atoms with E-state index in [1.165, 1.54) is 0 Å². The number of benzene rings is 2. The number of hydrogen-bond acceptors (Lipinski definition) is 5. The van der Waals surface area contributed by atoms with Crippen LogP contribution in [0.4, 0.5) is 5.95 Å². The number of likely N-dealkylation sites (N-methyl/N-ethyl adjacent to an activating group) is 1. The summed E-state index contributed by atoms with van der Waals surface area (Å²) in [7, 11) is 3.52. The lowest BCUT2D eigenvalue weighted by Crippen LogP contribution is -2.40. The predicted molar refractivity (Wildman–Crippen MR) is 119 cm³/mol. The van der Waals surface area contributed by atoms with Crippen molar-refractivity contribution in [3.8, 4) is 5.75 Å². The summed E-state index contributed by atoms with van der Waals surface area (Å²) >= 11 is 0. The predicted octanol–water partition coefficient (Wildman–Crippen LogP) is 2.74. The zero-order valence-corrected chi connectivity index (χ0v) is 17.7. The number of nitrogens with one attached hydrogen (secondary N) is 1. The standard InChI is InChI=1S/C23H29N5O2/c1-26(16-18-7-5-8-19(15-18)30-2)22(29)17-27-11-6-12-28(14-13-27)23-24-20-9-3-4-10-21(20)25-23/h3-5,7-10,15H,6,11-14,16-17H2,1-2H3,(H,24,25). The first-order chi connectivity index (χ1) is 14.6. The molecule has 3 aromatic rings. The highest BCUT2D eigenvalue weighted by atomic mass is 16.5. The normalized spacial score (nSPS) is 15.2. The van der Waals surface area contributed by atoms with Crippen molar-refractivity contribution in [2.24, 2.45) is 0 Å². The van der Waals surface area contributed by atoms with Gasteiger partial charge in [0, 0.05) is 39.8 Å². The van der Waals surface area contributed by atoms with E-state index < -0.39 is 0 Å². The van der Waals surface area contributed by atoms with Gasteiger partial charge in [-0.05, 0) is 36.2 Å². The van der Waals surface area contributed by atoms with Crippen LogP contribution in [0.5, 0.6) is 5.75 Å². The van der Waals surface area contributed by atoms with Gasteiger partial charge in [0.2, 0.25) is 11.9 Å². The fourth-order valence-electron chi connectivity index (χ4n) is 3.87. The van der Waals surface area contributed by atoms with Gasteiger partial charge in [0.1, 0.15) is 5.75 Å².